The number of rotatable bonds is 7. The van der Waals surface area contributed by atoms with Gasteiger partial charge in [-0.05, 0) is 0 Å². The van der Waals surface area contributed by atoms with E-state index in [2.05, 4.69) is 4.52 Å². The van der Waals surface area contributed by atoms with E-state index in [1.54, 1.807) is 0 Å². The van der Waals surface area contributed by atoms with Gasteiger partial charge in [0.2, 0.25) is 0 Å². The number of phosphoric ester groups is 1. The van der Waals surface area contributed by atoms with Crippen molar-refractivity contribution in [1.29, 1.82) is 0 Å². The molecule has 0 aliphatic carbocycles. The predicted molar refractivity (Wildman–Crippen MR) is 88.9 cm³/mol. The van der Waals surface area contributed by atoms with Crippen LogP contribution < -0.4 is 11.2 Å². The number of ether oxygens (including phenoxy) is 3. The summed E-state index contributed by atoms with van der Waals surface area (Å²) in [5, 5.41) is 0. The molecule has 156 valence electrons. The van der Waals surface area contributed by atoms with Gasteiger partial charge >= 0.3 is 25.5 Å². The number of nitrogens with zero attached hydrogens (tertiary/aromatic N) is 1. The summed E-state index contributed by atoms with van der Waals surface area (Å²) in [6.45, 7) is 1.27. The molecular formula is C14H19N2O11P. The SMILES string of the molecule is CC(=O)OC[C@H]1[C@@H](OC(C)=O)[C@H](n2ccc(=O)[nH]c2=O)O[C@@H]1COP(=O)(O)O. The minimum Gasteiger partial charge on any atom is -0.465 e. The quantitative estimate of drug-likeness (QED) is 0.349. The number of aromatic amines is 1. The number of phosphoric acid groups is 1. The lowest BCUT2D eigenvalue weighted by Crippen LogP contribution is -2.39. The Hall–Kier alpha value is -2.31. The van der Waals surface area contributed by atoms with E-state index < -0.39 is 62.0 Å². The smallest absolute Gasteiger partial charge is 0.465 e. The average Bonchev–Trinajstić information content (AvgIpc) is 2.87. The highest BCUT2D eigenvalue weighted by molar-refractivity contribution is 7.46. The normalized spacial score (nSPS) is 24.7. The molecule has 1 saturated heterocycles. The molecule has 3 N–H and O–H groups in total. The fraction of sp³-hybridized carbons (Fsp3) is 0.571. The third-order valence-electron chi connectivity index (χ3n) is 3.81. The molecule has 1 aliphatic rings. The average molecular weight is 422 g/mol. The minimum absolute atomic E-state index is 0.336. The molecule has 0 unspecified atom stereocenters. The number of hydrogen-bond acceptors (Lipinski definition) is 9. The van der Waals surface area contributed by atoms with E-state index in [9.17, 15) is 23.7 Å². The van der Waals surface area contributed by atoms with Gasteiger partial charge in [-0.2, -0.15) is 0 Å². The lowest BCUT2D eigenvalue weighted by Gasteiger charge is -2.24. The van der Waals surface area contributed by atoms with E-state index in [0.29, 0.717) is 0 Å². The number of carbonyl (C=O) groups excluding carboxylic acids is 2. The van der Waals surface area contributed by atoms with Crippen LogP contribution in [0.3, 0.4) is 0 Å². The van der Waals surface area contributed by atoms with Crippen molar-refractivity contribution >= 4 is 19.8 Å². The summed E-state index contributed by atoms with van der Waals surface area (Å²) >= 11 is 0. The van der Waals surface area contributed by atoms with Gasteiger partial charge in [-0.3, -0.25) is 28.5 Å². The Morgan fingerprint density at radius 3 is 2.46 bits per heavy atom. The standard InChI is InChI=1S/C14H19N2O11P/c1-7(17)24-5-9-10(6-25-28(21,22)23)27-13(12(9)26-8(2)18)16-4-3-11(19)15-14(16)20/h3-4,9-10,12-13H,5-6H2,1-2H3,(H,15,19,20)(H2,21,22,23)/t9-,10-,12-,13-/m1/s1. The van der Waals surface area contributed by atoms with Crippen molar-refractivity contribution in [1.82, 2.24) is 9.55 Å². The zero-order valence-electron chi connectivity index (χ0n) is 14.8. The van der Waals surface area contributed by atoms with Crippen molar-refractivity contribution in [2.24, 2.45) is 5.92 Å². The van der Waals surface area contributed by atoms with Crippen LogP contribution in [-0.4, -0.2) is 56.7 Å². The molecule has 2 rings (SSSR count). The lowest BCUT2D eigenvalue weighted by atomic mass is 9.99. The molecular weight excluding hydrogens is 403 g/mol. The number of hydrogen-bond donors (Lipinski definition) is 3. The summed E-state index contributed by atoms with van der Waals surface area (Å²) in [5.41, 5.74) is -1.53. The van der Waals surface area contributed by atoms with Gasteiger partial charge in [-0.25, -0.2) is 9.36 Å². The van der Waals surface area contributed by atoms with Crippen LogP contribution >= 0.6 is 7.82 Å². The molecule has 1 aliphatic heterocycles. The van der Waals surface area contributed by atoms with Crippen LogP contribution in [0.1, 0.15) is 20.1 Å². The van der Waals surface area contributed by atoms with Gasteiger partial charge in [-0.1, -0.05) is 0 Å². The number of aromatic nitrogens is 2. The van der Waals surface area contributed by atoms with Crippen LogP contribution in [0.15, 0.2) is 21.9 Å². The first-order valence-corrected chi connectivity index (χ1v) is 9.48. The number of esters is 2. The zero-order chi connectivity index (χ0) is 21.1. The van der Waals surface area contributed by atoms with Gasteiger partial charge in [0.05, 0.1) is 18.6 Å². The molecule has 0 amide bonds. The van der Waals surface area contributed by atoms with Gasteiger partial charge in [-0.15, -0.1) is 0 Å². The van der Waals surface area contributed by atoms with Crippen LogP contribution in [0.5, 0.6) is 0 Å². The largest absolute Gasteiger partial charge is 0.469 e. The van der Waals surface area contributed by atoms with Crippen LogP contribution in [0.25, 0.3) is 0 Å². The molecule has 1 aromatic rings. The summed E-state index contributed by atoms with van der Waals surface area (Å²) in [6.07, 6.45) is -2.44. The third-order valence-corrected chi connectivity index (χ3v) is 4.29. The topological polar surface area (TPSA) is 183 Å². The maximum atomic E-state index is 12.1. The zero-order valence-corrected chi connectivity index (χ0v) is 15.7. The molecule has 28 heavy (non-hydrogen) atoms. The molecule has 13 nitrogen and oxygen atoms in total. The fourth-order valence-corrected chi connectivity index (χ4v) is 3.06. The Morgan fingerprint density at radius 2 is 1.93 bits per heavy atom. The van der Waals surface area contributed by atoms with Crippen LogP contribution in [0, 0.1) is 5.92 Å². The van der Waals surface area contributed by atoms with Gasteiger partial charge in [0, 0.05) is 26.1 Å². The molecule has 0 radical (unpaired) electrons. The van der Waals surface area contributed by atoms with Crippen molar-refractivity contribution in [2.45, 2.75) is 32.3 Å². The minimum atomic E-state index is -4.85. The second kappa shape index (κ2) is 8.80. The van der Waals surface area contributed by atoms with Gasteiger partial charge in [0.15, 0.2) is 12.3 Å². The van der Waals surface area contributed by atoms with Crippen molar-refractivity contribution in [3.8, 4) is 0 Å². The van der Waals surface area contributed by atoms with Crippen LogP contribution in [-0.2, 0) is 32.9 Å². The van der Waals surface area contributed by atoms with E-state index in [4.69, 9.17) is 24.0 Å². The van der Waals surface area contributed by atoms with Crippen LogP contribution in [0.4, 0.5) is 0 Å². The fourth-order valence-electron chi connectivity index (χ4n) is 2.72. The highest BCUT2D eigenvalue weighted by Crippen LogP contribution is 2.41. The first-order chi connectivity index (χ1) is 13.0. The molecule has 4 atom stereocenters. The molecule has 14 heteroatoms. The number of H-pyrrole nitrogens is 1. The van der Waals surface area contributed by atoms with Crippen molar-refractivity contribution in [3.05, 3.63) is 33.1 Å². The van der Waals surface area contributed by atoms with Crippen LogP contribution in [0.2, 0.25) is 0 Å². The number of nitrogens with one attached hydrogen (secondary N) is 1. The van der Waals surface area contributed by atoms with Gasteiger partial charge in [0.1, 0.15) is 6.61 Å². The first kappa shape index (κ1) is 22.0. The maximum absolute atomic E-state index is 12.1. The first-order valence-electron chi connectivity index (χ1n) is 7.95. The predicted octanol–water partition coefficient (Wildman–Crippen LogP) is -1.35. The van der Waals surface area contributed by atoms with E-state index in [1.165, 1.54) is 0 Å². The monoisotopic (exact) mass is 422 g/mol. The molecule has 0 saturated carbocycles. The summed E-state index contributed by atoms with van der Waals surface area (Å²) in [5.74, 6) is -2.30. The maximum Gasteiger partial charge on any atom is 0.469 e. The molecule has 1 aromatic heterocycles. The van der Waals surface area contributed by atoms with Gasteiger partial charge in [0.25, 0.3) is 5.56 Å². The third kappa shape index (κ3) is 5.84. The van der Waals surface area contributed by atoms with Crippen molar-refractivity contribution in [2.75, 3.05) is 13.2 Å². The Labute approximate surface area is 157 Å². The highest BCUT2D eigenvalue weighted by atomic mass is 31.2. The second-order valence-electron chi connectivity index (χ2n) is 5.91. The van der Waals surface area contributed by atoms with E-state index in [1.807, 2.05) is 4.98 Å². The lowest BCUT2D eigenvalue weighted by molar-refractivity contribution is -0.155. The second-order valence-corrected chi connectivity index (χ2v) is 7.15. The van der Waals surface area contributed by atoms with Crippen molar-refractivity contribution in [3.63, 3.8) is 0 Å². The summed E-state index contributed by atoms with van der Waals surface area (Å²) in [4.78, 5) is 65.9. The summed E-state index contributed by atoms with van der Waals surface area (Å²) < 4.78 is 32.2. The molecule has 2 heterocycles. The Bertz CT molecular complexity index is 888. The Kier molecular flexibility index (Phi) is 6.91. The Balaban J connectivity index is 2.40. The summed E-state index contributed by atoms with van der Waals surface area (Å²) in [6, 6.07) is 1.04. The molecule has 0 spiro atoms. The van der Waals surface area contributed by atoms with E-state index >= 15 is 0 Å². The van der Waals surface area contributed by atoms with Crippen molar-refractivity contribution < 1.29 is 42.7 Å². The van der Waals surface area contributed by atoms with E-state index in [0.717, 1.165) is 30.7 Å². The highest BCUT2D eigenvalue weighted by Gasteiger charge is 2.49. The Morgan fingerprint density at radius 1 is 1.25 bits per heavy atom. The number of carbonyl (C=O) groups is 2. The molecule has 0 bridgehead atoms. The molecule has 1 fully saturated rings. The van der Waals surface area contributed by atoms with Gasteiger partial charge < -0.3 is 24.0 Å². The summed E-state index contributed by atoms with van der Waals surface area (Å²) in [7, 11) is -4.85. The molecule has 0 aromatic carbocycles. The van der Waals surface area contributed by atoms with E-state index in [-0.39, 0.29) is 6.61 Å².